The molecule has 2 rings (SSSR count). The van der Waals surface area contributed by atoms with Crippen LogP contribution in [0, 0.1) is 0 Å². The van der Waals surface area contributed by atoms with Crippen molar-refractivity contribution in [3.63, 3.8) is 0 Å². The monoisotopic (exact) mass is 468 g/mol. The summed E-state index contributed by atoms with van der Waals surface area (Å²) in [7, 11) is 0. The fraction of sp³-hybridized carbons (Fsp3) is 0.448. The molecule has 0 saturated heterocycles. The van der Waals surface area contributed by atoms with Crippen LogP contribution in [0.4, 0.5) is 0 Å². The smallest absolute Gasteiger partial charge is 0.203 e. The molecule has 34 heavy (non-hydrogen) atoms. The van der Waals surface area contributed by atoms with Gasteiger partial charge in [-0.1, -0.05) is 50.8 Å². The summed E-state index contributed by atoms with van der Waals surface area (Å²) in [6.45, 7) is 23.7. The molecule has 0 amide bonds. The van der Waals surface area contributed by atoms with Gasteiger partial charge < -0.3 is 23.7 Å². The van der Waals surface area contributed by atoms with Gasteiger partial charge in [0, 0.05) is 11.0 Å². The van der Waals surface area contributed by atoms with Gasteiger partial charge in [0.25, 0.3) is 0 Å². The molecule has 0 N–H and O–H groups in total. The SMILES string of the molecule is C=C(C)COc1ccc(C(C)(C)c2ccc(OC(C)OCC(=C)C)cc2)c(OCC)c1OCC. The van der Waals surface area contributed by atoms with Crippen molar-refractivity contribution in [1.29, 1.82) is 0 Å². The highest BCUT2D eigenvalue weighted by Crippen LogP contribution is 2.47. The predicted molar refractivity (Wildman–Crippen MR) is 139 cm³/mol. The highest BCUT2D eigenvalue weighted by atomic mass is 16.7. The van der Waals surface area contributed by atoms with Crippen LogP contribution in [0.15, 0.2) is 60.7 Å². The third-order valence-electron chi connectivity index (χ3n) is 5.24. The van der Waals surface area contributed by atoms with Crippen LogP contribution in [0.25, 0.3) is 0 Å². The topological polar surface area (TPSA) is 46.2 Å². The van der Waals surface area contributed by atoms with Gasteiger partial charge in [0.15, 0.2) is 17.8 Å². The third kappa shape index (κ3) is 7.29. The van der Waals surface area contributed by atoms with E-state index in [0.717, 1.165) is 28.0 Å². The summed E-state index contributed by atoms with van der Waals surface area (Å²) in [6, 6.07) is 12.1. The first-order valence-electron chi connectivity index (χ1n) is 11.8. The fourth-order valence-corrected chi connectivity index (χ4v) is 3.51. The standard InChI is InChI=1S/C29H40O5/c1-10-30-27-25(16-17-26(28(27)31-11-2)33-19-21(5)6)29(8,9)23-12-14-24(15-13-23)34-22(7)32-18-20(3)4/h12-17,22H,3,5,10-11,18-19H2,1-2,4,6-9H3. The summed E-state index contributed by atoms with van der Waals surface area (Å²) in [5, 5.41) is 0. The van der Waals surface area contributed by atoms with Crippen molar-refractivity contribution in [3.8, 4) is 23.0 Å². The molecule has 5 nitrogen and oxygen atoms in total. The largest absolute Gasteiger partial charge is 0.490 e. The van der Waals surface area contributed by atoms with E-state index in [-0.39, 0.29) is 11.7 Å². The Labute approximate surface area is 205 Å². The Morgan fingerprint density at radius 2 is 1.41 bits per heavy atom. The van der Waals surface area contributed by atoms with Gasteiger partial charge in [-0.05, 0) is 64.0 Å². The molecule has 1 unspecified atom stereocenters. The molecule has 0 heterocycles. The average molecular weight is 469 g/mol. The van der Waals surface area contributed by atoms with E-state index in [9.17, 15) is 0 Å². The van der Waals surface area contributed by atoms with E-state index in [1.54, 1.807) is 0 Å². The molecule has 0 aliphatic carbocycles. The number of rotatable bonds is 14. The molecule has 0 aromatic heterocycles. The lowest BCUT2D eigenvalue weighted by molar-refractivity contribution is -0.0572. The first-order valence-corrected chi connectivity index (χ1v) is 11.8. The predicted octanol–water partition coefficient (Wildman–Crippen LogP) is 7.08. The Balaban J connectivity index is 2.37. The molecule has 0 spiro atoms. The lowest BCUT2D eigenvalue weighted by Gasteiger charge is -2.30. The van der Waals surface area contributed by atoms with Crippen LogP contribution in [-0.4, -0.2) is 32.7 Å². The van der Waals surface area contributed by atoms with Crippen LogP contribution >= 0.6 is 0 Å². The Morgan fingerprint density at radius 1 is 0.824 bits per heavy atom. The Hall–Kier alpha value is -2.92. The first-order chi connectivity index (χ1) is 16.1. The minimum Gasteiger partial charge on any atom is -0.490 e. The van der Waals surface area contributed by atoms with Crippen molar-refractivity contribution in [2.45, 2.75) is 60.2 Å². The Morgan fingerprint density at radius 3 is 1.97 bits per heavy atom. The minimum atomic E-state index is -0.361. The van der Waals surface area contributed by atoms with E-state index in [2.05, 4.69) is 45.2 Å². The molecule has 0 radical (unpaired) electrons. The second kappa shape index (κ2) is 12.5. The number of ether oxygens (including phenoxy) is 5. The molecule has 2 aromatic rings. The summed E-state index contributed by atoms with van der Waals surface area (Å²) < 4.78 is 29.6. The summed E-state index contributed by atoms with van der Waals surface area (Å²) in [6.07, 6.45) is -0.361. The summed E-state index contributed by atoms with van der Waals surface area (Å²) in [5.74, 6) is 2.73. The van der Waals surface area contributed by atoms with Crippen LogP contribution in [0.5, 0.6) is 23.0 Å². The zero-order valence-corrected chi connectivity index (χ0v) is 21.8. The van der Waals surface area contributed by atoms with E-state index in [4.69, 9.17) is 23.7 Å². The van der Waals surface area contributed by atoms with Gasteiger partial charge in [-0.2, -0.15) is 0 Å². The highest BCUT2D eigenvalue weighted by molar-refractivity contribution is 5.60. The van der Waals surface area contributed by atoms with Crippen molar-refractivity contribution >= 4 is 0 Å². The quantitative estimate of drug-likeness (QED) is 0.219. The maximum absolute atomic E-state index is 6.12. The van der Waals surface area contributed by atoms with Gasteiger partial charge in [0.1, 0.15) is 12.4 Å². The van der Waals surface area contributed by atoms with Crippen molar-refractivity contribution in [2.75, 3.05) is 26.4 Å². The van der Waals surface area contributed by atoms with Gasteiger partial charge in [-0.15, -0.1) is 0 Å². The number of hydrogen-bond acceptors (Lipinski definition) is 5. The molecule has 2 aromatic carbocycles. The fourth-order valence-electron chi connectivity index (χ4n) is 3.51. The van der Waals surface area contributed by atoms with Gasteiger partial charge in [0.2, 0.25) is 5.75 Å². The van der Waals surface area contributed by atoms with Gasteiger partial charge in [-0.3, -0.25) is 0 Å². The lowest BCUT2D eigenvalue weighted by Crippen LogP contribution is -2.21. The number of benzene rings is 2. The van der Waals surface area contributed by atoms with Crippen LogP contribution in [0.2, 0.25) is 0 Å². The molecule has 0 aliphatic rings. The Bertz CT molecular complexity index is 959. The molecule has 0 bridgehead atoms. The van der Waals surface area contributed by atoms with Gasteiger partial charge in [-0.25, -0.2) is 0 Å². The normalized spacial score (nSPS) is 12.1. The van der Waals surface area contributed by atoms with E-state index in [1.807, 2.05) is 52.8 Å². The second-order valence-electron chi connectivity index (χ2n) is 8.98. The molecular formula is C29H40O5. The lowest BCUT2D eigenvalue weighted by atomic mass is 9.77. The van der Waals surface area contributed by atoms with Crippen molar-refractivity contribution in [2.24, 2.45) is 0 Å². The molecule has 5 heteroatoms. The van der Waals surface area contributed by atoms with Crippen LogP contribution in [0.1, 0.15) is 59.6 Å². The maximum atomic E-state index is 6.12. The van der Waals surface area contributed by atoms with E-state index in [0.29, 0.717) is 43.7 Å². The summed E-state index contributed by atoms with van der Waals surface area (Å²) in [4.78, 5) is 0. The minimum absolute atomic E-state index is 0.357. The summed E-state index contributed by atoms with van der Waals surface area (Å²) in [5.41, 5.74) is 3.68. The zero-order valence-electron chi connectivity index (χ0n) is 21.8. The highest BCUT2D eigenvalue weighted by Gasteiger charge is 2.30. The van der Waals surface area contributed by atoms with E-state index < -0.39 is 0 Å². The molecule has 0 saturated carbocycles. The van der Waals surface area contributed by atoms with Crippen LogP contribution in [0.3, 0.4) is 0 Å². The molecule has 0 fully saturated rings. The molecular weight excluding hydrogens is 428 g/mol. The van der Waals surface area contributed by atoms with Crippen molar-refractivity contribution in [3.05, 3.63) is 71.8 Å². The number of hydrogen-bond donors (Lipinski definition) is 0. The van der Waals surface area contributed by atoms with Crippen LogP contribution in [-0.2, 0) is 10.2 Å². The summed E-state index contributed by atoms with van der Waals surface area (Å²) >= 11 is 0. The first kappa shape index (κ1) is 27.3. The average Bonchev–Trinajstić information content (AvgIpc) is 2.78. The maximum Gasteiger partial charge on any atom is 0.203 e. The van der Waals surface area contributed by atoms with E-state index in [1.165, 1.54) is 0 Å². The van der Waals surface area contributed by atoms with Crippen LogP contribution < -0.4 is 18.9 Å². The van der Waals surface area contributed by atoms with Crippen molar-refractivity contribution < 1.29 is 23.7 Å². The third-order valence-corrected chi connectivity index (χ3v) is 5.24. The van der Waals surface area contributed by atoms with Crippen molar-refractivity contribution in [1.82, 2.24) is 0 Å². The van der Waals surface area contributed by atoms with Gasteiger partial charge >= 0.3 is 0 Å². The van der Waals surface area contributed by atoms with E-state index >= 15 is 0 Å². The molecule has 0 aliphatic heterocycles. The molecule has 186 valence electrons. The molecule has 1 atom stereocenters. The van der Waals surface area contributed by atoms with Gasteiger partial charge in [0.05, 0.1) is 19.8 Å². The zero-order chi connectivity index (χ0) is 25.3. The second-order valence-corrected chi connectivity index (χ2v) is 8.98. The Kier molecular flexibility index (Phi) is 10.1.